The Bertz CT molecular complexity index is 1440. The Morgan fingerprint density at radius 2 is 1.92 bits per heavy atom. The number of unbranched alkanes of at least 4 members (excludes halogenated alkanes) is 1. The van der Waals surface area contributed by atoms with Crippen LogP contribution in [0.15, 0.2) is 83.8 Å². The van der Waals surface area contributed by atoms with E-state index in [0.29, 0.717) is 36.5 Å². The van der Waals surface area contributed by atoms with Gasteiger partial charge in [-0.3, -0.25) is 14.4 Å². The second-order valence-corrected chi connectivity index (χ2v) is 8.21. The molecule has 4 rings (SSSR count). The number of amides is 2. The van der Waals surface area contributed by atoms with E-state index in [9.17, 15) is 14.4 Å². The fourth-order valence-corrected chi connectivity index (χ4v) is 3.69. The van der Waals surface area contributed by atoms with Crippen LogP contribution in [0.25, 0.3) is 11.0 Å². The summed E-state index contributed by atoms with van der Waals surface area (Å²) in [6.45, 7) is 0.623. The van der Waals surface area contributed by atoms with E-state index in [1.54, 1.807) is 24.4 Å². The molecule has 9 heteroatoms. The van der Waals surface area contributed by atoms with E-state index >= 15 is 0 Å². The van der Waals surface area contributed by atoms with Crippen LogP contribution in [0.3, 0.4) is 0 Å². The number of allylic oxidation sites excluding steroid dienone is 1. The molecule has 2 aromatic heterocycles. The molecule has 36 heavy (non-hydrogen) atoms. The van der Waals surface area contributed by atoms with E-state index in [2.05, 4.69) is 15.3 Å². The smallest absolute Gasteiger partial charge is 0.274 e. The fraction of sp³-hybridized carbons (Fsp3) is 0.185. The summed E-state index contributed by atoms with van der Waals surface area (Å²) in [5.74, 6) is 0.441. The number of rotatable bonds is 11. The molecule has 0 spiro atoms. The van der Waals surface area contributed by atoms with Crippen LogP contribution in [0.5, 0.6) is 5.75 Å². The quantitative estimate of drug-likeness (QED) is 0.221. The monoisotopic (exact) mass is 485 g/mol. The van der Waals surface area contributed by atoms with Gasteiger partial charge in [0.2, 0.25) is 11.8 Å². The molecule has 0 aliphatic heterocycles. The first-order chi connectivity index (χ1) is 17.5. The van der Waals surface area contributed by atoms with E-state index in [4.69, 9.17) is 10.5 Å². The lowest BCUT2D eigenvalue weighted by Gasteiger charge is -2.08. The van der Waals surface area contributed by atoms with Gasteiger partial charge in [0.15, 0.2) is 0 Å². The van der Waals surface area contributed by atoms with Gasteiger partial charge in [0.1, 0.15) is 29.4 Å². The molecule has 0 unspecified atom stereocenters. The van der Waals surface area contributed by atoms with E-state index < -0.39 is 5.91 Å². The average Bonchev–Trinajstić information content (AvgIpc) is 3.28. The first kappa shape index (κ1) is 24.5. The summed E-state index contributed by atoms with van der Waals surface area (Å²) in [6.07, 6.45) is 5.82. The number of primary amides is 1. The largest absolute Gasteiger partial charge is 0.487 e. The third-order valence-electron chi connectivity index (χ3n) is 5.43. The number of hydrogen-bond donors (Lipinski definition) is 3. The highest BCUT2D eigenvalue weighted by Gasteiger charge is 2.12. The molecule has 0 atom stereocenters. The van der Waals surface area contributed by atoms with Crippen molar-refractivity contribution in [1.82, 2.24) is 14.5 Å². The maximum absolute atomic E-state index is 12.9. The molecule has 2 heterocycles. The number of benzene rings is 2. The lowest BCUT2D eigenvalue weighted by Crippen LogP contribution is -2.26. The number of fused-ring (bicyclic) bond motifs is 1. The van der Waals surface area contributed by atoms with Gasteiger partial charge in [-0.15, -0.1) is 0 Å². The average molecular weight is 486 g/mol. The molecule has 2 aromatic carbocycles. The van der Waals surface area contributed by atoms with Crippen molar-refractivity contribution in [3.05, 3.63) is 101 Å². The van der Waals surface area contributed by atoms with E-state index in [1.165, 1.54) is 10.6 Å². The number of aromatic nitrogens is 3. The number of anilines is 1. The van der Waals surface area contributed by atoms with Gasteiger partial charge in [-0.2, -0.15) is 0 Å². The summed E-state index contributed by atoms with van der Waals surface area (Å²) >= 11 is 0. The van der Waals surface area contributed by atoms with E-state index in [1.807, 2.05) is 48.5 Å². The predicted molar refractivity (Wildman–Crippen MR) is 137 cm³/mol. The van der Waals surface area contributed by atoms with Crippen LogP contribution in [-0.2, 0) is 22.7 Å². The lowest BCUT2D eigenvalue weighted by molar-refractivity contribution is -0.116. The maximum atomic E-state index is 12.9. The van der Waals surface area contributed by atoms with Crippen LogP contribution < -0.4 is 21.3 Å². The Hall–Kier alpha value is -4.66. The van der Waals surface area contributed by atoms with Crippen molar-refractivity contribution in [3.8, 4) is 5.75 Å². The first-order valence-electron chi connectivity index (χ1n) is 11.6. The summed E-state index contributed by atoms with van der Waals surface area (Å²) in [5.41, 5.74) is 7.44. The van der Waals surface area contributed by atoms with Crippen LogP contribution in [0.2, 0.25) is 0 Å². The topological polar surface area (TPSA) is 132 Å². The third-order valence-corrected chi connectivity index (χ3v) is 5.43. The standard InChI is InChI=1S/C27H27N5O4/c28-23(33)14-5-2-6-15-25(34)30-21-12-8-16-32(27(21)35)17-24-29-20-11-7-13-22(26(20)31-24)36-18-19-9-3-1-4-10-19/h1,3-5,7-14,16H,2,6,15,17-18H2,(H2,28,33)(H,29,31)(H,30,34)/b14-5+. The van der Waals surface area contributed by atoms with Gasteiger partial charge in [-0.1, -0.05) is 42.5 Å². The Morgan fingerprint density at radius 3 is 2.72 bits per heavy atom. The maximum Gasteiger partial charge on any atom is 0.274 e. The zero-order valence-corrected chi connectivity index (χ0v) is 19.6. The second kappa shape index (κ2) is 11.7. The number of nitrogens with zero attached hydrogens (tertiary/aromatic N) is 2. The molecule has 0 aliphatic rings. The van der Waals surface area contributed by atoms with Crippen molar-refractivity contribution in [2.75, 3.05) is 5.32 Å². The zero-order chi connectivity index (χ0) is 25.3. The molecule has 0 saturated carbocycles. The SMILES string of the molecule is NC(=O)/C=C/CCCC(=O)Nc1cccn(Cc2nc3c(OCc4ccccc4)cccc3[nH]2)c1=O. The van der Waals surface area contributed by atoms with Gasteiger partial charge in [0.25, 0.3) is 5.56 Å². The number of nitrogens with two attached hydrogens (primary N) is 1. The second-order valence-electron chi connectivity index (χ2n) is 8.21. The minimum absolute atomic E-state index is 0.193. The Kier molecular flexibility index (Phi) is 7.92. The minimum Gasteiger partial charge on any atom is -0.487 e. The van der Waals surface area contributed by atoms with Crippen LogP contribution >= 0.6 is 0 Å². The van der Waals surface area contributed by atoms with Crippen molar-refractivity contribution in [2.24, 2.45) is 5.73 Å². The molecule has 4 N–H and O–H groups in total. The number of carbonyl (C=O) groups excluding carboxylic acids is 2. The van der Waals surface area contributed by atoms with Crippen molar-refractivity contribution < 1.29 is 14.3 Å². The van der Waals surface area contributed by atoms with Crippen LogP contribution in [0.4, 0.5) is 5.69 Å². The molecule has 0 fully saturated rings. The number of aromatic amines is 1. The first-order valence-corrected chi connectivity index (χ1v) is 11.6. The molecule has 0 bridgehead atoms. The van der Waals surface area contributed by atoms with E-state index in [0.717, 1.165) is 11.1 Å². The van der Waals surface area contributed by atoms with Gasteiger partial charge in [-0.25, -0.2) is 4.98 Å². The Morgan fingerprint density at radius 1 is 1.08 bits per heavy atom. The molecular weight excluding hydrogens is 458 g/mol. The highest BCUT2D eigenvalue weighted by atomic mass is 16.5. The van der Waals surface area contributed by atoms with Gasteiger partial charge < -0.3 is 25.3 Å². The molecule has 0 saturated heterocycles. The number of imidazole rings is 1. The van der Waals surface area contributed by atoms with Crippen molar-refractivity contribution in [2.45, 2.75) is 32.4 Å². The summed E-state index contributed by atoms with van der Waals surface area (Å²) in [4.78, 5) is 43.8. The summed E-state index contributed by atoms with van der Waals surface area (Å²) in [5, 5.41) is 2.67. The molecule has 4 aromatic rings. The third kappa shape index (κ3) is 6.47. The molecule has 2 amide bonds. The number of nitrogens with one attached hydrogen (secondary N) is 2. The number of ether oxygens (including phenoxy) is 1. The predicted octanol–water partition coefficient (Wildman–Crippen LogP) is 3.50. The Balaban J connectivity index is 1.42. The summed E-state index contributed by atoms with van der Waals surface area (Å²) in [6, 6.07) is 18.8. The van der Waals surface area contributed by atoms with Gasteiger partial charge in [-0.05, 0) is 48.7 Å². The van der Waals surface area contributed by atoms with Gasteiger partial charge >= 0.3 is 0 Å². The molecule has 9 nitrogen and oxygen atoms in total. The van der Waals surface area contributed by atoms with Crippen LogP contribution in [0.1, 0.15) is 30.7 Å². The number of hydrogen-bond acceptors (Lipinski definition) is 5. The molecule has 0 aliphatic carbocycles. The highest BCUT2D eigenvalue weighted by molar-refractivity contribution is 5.90. The normalized spacial score (nSPS) is 11.1. The number of H-pyrrole nitrogens is 1. The Labute approximate surface area is 207 Å². The zero-order valence-electron chi connectivity index (χ0n) is 19.6. The number of para-hydroxylation sites is 1. The summed E-state index contributed by atoms with van der Waals surface area (Å²) in [7, 11) is 0. The molecular formula is C27H27N5O4. The van der Waals surface area contributed by atoms with Crippen molar-refractivity contribution in [1.29, 1.82) is 0 Å². The lowest BCUT2D eigenvalue weighted by atomic mass is 10.2. The van der Waals surface area contributed by atoms with Gasteiger partial charge in [0, 0.05) is 12.6 Å². The highest BCUT2D eigenvalue weighted by Crippen LogP contribution is 2.24. The van der Waals surface area contributed by atoms with Crippen LogP contribution in [0, 0.1) is 0 Å². The number of carbonyl (C=O) groups is 2. The molecule has 0 radical (unpaired) electrons. The van der Waals surface area contributed by atoms with Crippen molar-refractivity contribution in [3.63, 3.8) is 0 Å². The summed E-state index contributed by atoms with van der Waals surface area (Å²) < 4.78 is 7.47. The fourth-order valence-electron chi connectivity index (χ4n) is 3.69. The number of pyridine rings is 1. The molecule has 184 valence electrons. The minimum atomic E-state index is -0.523. The van der Waals surface area contributed by atoms with Crippen LogP contribution in [-0.4, -0.2) is 26.3 Å². The van der Waals surface area contributed by atoms with Crippen molar-refractivity contribution >= 4 is 28.5 Å². The van der Waals surface area contributed by atoms with E-state index in [-0.39, 0.29) is 30.1 Å². The van der Waals surface area contributed by atoms with Gasteiger partial charge in [0.05, 0.1) is 12.1 Å².